The summed E-state index contributed by atoms with van der Waals surface area (Å²) >= 11 is 0. The number of benzene rings is 1. The summed E-state index contributed by atoms with van der Waals surface area (Å²) in [6.45, 7) is 1.42. The topological polar surface area (TPSA) is 101 Å². The average molecular weight is 262 g/mol. The van der Waals surface area contributed by atoms with E-state index in [4.69, 9.17) is 11.5 Å². The average Bonchev–Trinajstić information content (AvgIpc) is 2.89. The molecular formula is C13H18N4O2. The number of hydrogen-bond acceptors (Lipinski definition) is 3. The molecule has 1 aliphatic rings. The fraction of sp³-hybridized carbons (Fsp3) is 0.385. The van der Waals surface area contributed by atoms with Gasteiger partial charge in [0.25, 0.3) is 0 Å². The molecule has 6 heteroatoms. The molecule has 6 nitrogen and oxygen atoms in total. The number of carbonyl (C=O) groups excluding carboxylic acids is 2. The molecule has 5 N–H and O–H groups in total. The summed E-state index contributed by atoms with van der Waals surface area (Å²) < 4.78 is 0. The maximum absolute atomic E-state index is 12.0. The first-order valence-electron chi connectivity index (χ1n) is 6.24. The van der Waals surface area contributed by atoms with Crippen molar-refractivity contribution in [1.82, 2.24) is 4.90 Å². The fourth-order valence-electron chi connectivity index (χ4n) is 2.10. The van der Waals surface area contributed by atoms with Crippen molar-refractivity contribution < 1.29 is 9.59 Å². The number of nitrogens with two attached hydrogens (primary N) is 2. The maximum atomic E-state index is 12.0. The number of anilines is 1. The van der Waals surface area contributed by atoms with Crippen LogP contribution in [0.5, 0.6) is 0 Å². The summed E-state index contributed by atoms with van der Waals surface area (Å²) in [5.74, 6) is -0.576. The van der Waals surface area contributed by atoms with Crippen LogP contribution < -0.4 is 16.8 Å². The molecule has 19 heavy (non-hydrogen) atoms. The van der Waals surface area contributed by atoms with Gasteiger partial charge >= 0.3 is 6.03 Å². The molecule has 1 heterocycles. The quantitative estimate of drug-likeness (QED) is 0.738. The van der Waals surface area contributed by atoms with Gasteiger partial charge in [0.05, 0.1) is 5.92 Å². The van der Waals surface area contributed by atoms with E-state index < -0.39 is 0 Å². The highest BCUT2D eigenvalue weighted by Crippen LogP contribution is 2.17. The Morgan fingerprint density at radius 2 is 2.00 bits per heavy atom. The van der Waals surface area contributed by atoms with Crippen LogP contribution in [0.1, 0.15) is 12.0 Å². The third kappa shape index (κ3) is 3.23. The van der Waals surface area contributed by atoms with Crippen molar-refractivity contribution in [3.8, 4) is 0 Å². The number of rotatable bonds is 3. The van der Waals surface area contributed by atoms with Crippen LogP contribution in [0.15, 0.2) is 24.3 Å². The first-order valence-corrected chi connectivity index (χ1v) is 6.24. The number of carbonyl (C=O) groups is 2. The second-order valence-corrected chi connectivity index (χ2v) is 4.67. The van der Waals surface area contributed by atoms with E-state index in [-0.39, 0.29) is 17.9 Å². The van der Waals surface area contributed by atoms with Crippen molar-refractivity contribution in [2.24, 2.45) is 17.4 Å². The third-order valence-corrected chi connectivity index (χ3v) is 3.32. The van der Waals surface area contributed by atoms with Gasteiger partial charge in [0.15, 0.2) is 0 Å². The van der Waals surface area contributed by atoms with Crippen LogP contribution in [0.25, 0.3) is 0 Å². The Hall–Kier alpha value is -2.08. The number of nitrogens with one attached hydrogen (secondary N) is 1. The zero-order chi connectivity index (χ0) is 13.8. The van der Waals surface area contributed by atoms with Gasteiger partial charge in [0, 0.05) is 25.3 Å². The summed E-state index contributed by atoms with van der Waals surface area (Å²) in [5, 5.41) is 2.79. The molecule has 1 aromatic rings. The second-order valence-electron chi connectivity index (χ2n) is 4.67. The molecule has 1 saturated heterocycles. The van der Waals surface area contributed by atoms with Gasteiger partial charge in [-0.15, -0.1) is 0 Å². The number of amides is 3. The highest BCUT2D eigenvalue weighted by molar-refractivity contribution is 5.90. The molecule has 0 bridgehead atoms. The highest BCUT2D eigenvalue weighted by atomic mass is 16.2. The van der Waals surface area contributed by atoms with Crippen LogP contribution in [0, 0.1) is 5.92 Å². The molecule has 1 aromatic carbocycles. The minimum absolute atomic E-state index is 0.204. The molecule has 1 aliphatic heterocycles. The van der Waals surface area contributed by atoms with Gasteiger partial charge in [-0.3, -0.25) is 4.79 Å². The summed E-state index contributed by atoms with van der Waals surface area (Å²) in [6, 6.07) is 7.14. The maximum Gasteiger partial charge on any atom is 0.321 e. The van der Waals surface area contributed by atoms with Crippen molar-refractivity contribution in [2.45, 2.75) is 13.0 Å². The van der Waals surface area contributed by atoms with Gasteiger partial charge < -0.3 is 21.7 Å². The van der Waals surface area contributed by atoms with Crippen molar-refractivity contribution >= 4 is 17.6 Å². The predicted molar refractivity (Wildman–Crippen MR) is 72.2 cm³/mol. The predicted octanol–water partition coefficient (Wildman–Crippen LogP) is 0.484. The Morgan fingerprint density at radius 1 is 1.32 bits per heavy atom. The van der Waals surface area contributed by atoms with Crippen LogP contribution in [0.4, 0.5) is 10.5 Å². The lowest BCUT2D eigenvalue weighted by atomic mass is 10.1. The van der Waals surface area contributed by atoms with Crippen molar-refractivity contribution in [1.29, 1.82) is 0 Å². The van der Waals surface area contributed by atoms with E-state index in [9.17, 15) is 9.59 Å². The molecule has 1 unspecified atom stereocenters. The molecule has 0 radical (unpaired) electrons. The lowest BCUT2D eigenvalue weighted by Crippen LogP contribution is -2.34. The van der Waals surface area contributed by atoms with Crippen LogP contribution in [-0.4, -0.2) is 29.9 Å². The second kappa shape index (κ2) is 5.71. The smallest absolute Gasteiger partial charge is 0.321 e. The van der Waals surface area contributed by atoms with E-state index in [2.05, 4.69) is 5.32 Å². The lowest BCUT2D eigenvalue weighted by Gasteiger charge is -2.17. The van der Waals surface area contributed by atoms with Crippen LogP contribution in [-0.2, 0) is 11.3 Å². The molecule has 0 saturated carbocycles. The molecule has 3 amide bonds. The first-order chi connectivity index (χ1) is 9.10. The van der Waals surface area contributed by atoms with E-state index in [1.54, 1.807) is 4.90 Å². The van der Waals surface area contributed by atoms with E-state index in [1.807, 2.05) is 24.3 Å². The molecule has 0 aromatic heterocycles. The normalized spacial score (nSPS) is 18.4. The number of hydrogen-bond donors (Lipinski definition) is 3. The van der Waals surface area contributed by atoms with Gasteiger partial charge in [0.2, 0.25) is 5.91 Å². The van der Waals surface area contributed by atoms with E-state index in [0.29, 0.717) is 31.7 Å². The fourth-order valence-corrected chi connectivity index (χ4v) is 2.10. The third-order valence-electron chi connectivity index (χ3n) is 3.32. The van der Waals surface area contributed by atoms with Gasteiger partial charge in [-0.25, -0.2) is 4.79 Å². The van der Waals surface area contributed by atoms with Crippen molar-refractivity contribution in [2.75, 3.05) is 18.4 Å². The molecule has 102 valence electrons. The molecular weight excluding hydrogens is 244 g/mol. The zero-order valence-corrected chi connectivity index (χ0v) is 10.6. The van der Waals surface area contributed by atoms with E-state index in [1.165, 1.54) is 0 Å². The monoisotopic (exact) mass is 262 g/mol. The Morgan fingerprint density at radius 3 is 2.53 bits per heavy atom. The molecule has 1 atom stereocenters. The Labute approximate surface area is 111 Å². The molecule has 1 fully saturated rings. The number of likely N-dealkylation sites (tertiary alicyclic amines) is 1. The van der Waals surface area contributed by atoms with Gasteiger partial charge in [-0.05, 0) is 24.1 Å². The number of nitrogens with zero attached hydrogens (tertiary/aromatic N) is 1. The number of urea groups is 1. The highest BCUT2D eigenvalue weighted by Gasteiger charge is 2.29. The largest absolute Gasteiger partial charge is 0.369 e. The standard InChI is InChI=1S/C13H18N4O2/c14-7-9-1-3-11(4-2-9)16-13(19)17-6-5-10(8-17)12(15)18/h1-4,10H,5-8,14H2,(H2,15,18)(H,16,19). The van der Waals surface area contributed by atoms with Gasteiger partial charge in [-0.2, -0.15) is 0 Å². The Balaban J connectivity index is 1.92. The lowest BCUT2D eigenvalue weighted by molar-refractivity contribution is -0.121. The minimum atomic E-state index is -0.345. The van der Waals surface area contributed by atoms with E-state index >= 15 is 0 Å². The molecule has 2 rings (SSSR count). The summed E-state index contributed by atoms with van der Waals surface area (Å²) in [4.78, 5) is 24.6. The van der Waals surface area contributed by atoms with Gasteiger partial charge in [-0.1, -0.05) is 12.1 Å². The van der Waals surface area contributed by atoms with Crippen LogP contribution >= 0.6 is 0 Å². The summed E-state index contributed by atoms with van der Waals surface area (Å²) in [5.41, 5.74) is 12.5. The summed E-state index contributed by atoms with van der Waals surface area (Å²) in [6.07, 6.45) is 0.634. The zero-order valence-electron chi connectivity index (χ0n) is 10.6. The van der Waals surface area contributed by atoms with E-state index in [0.717, 1.165) is 5.56 Å². The molecule has 0 spiro atoms. The van der Waals surface area contributed by atoms with Crippen molar-refractivity contribution in [3.63, 3.8) is 0 Å². The van der Waals surface area contributed by atoms with Crippen molar-refractivity contribution in [3.05, 3.63) is 29.8 Å². The molecule has 0 aliphatic carbocycles. The minimum Gasteiger partial charge on any atom is -0.369 e. The number of primary amides is 1. The van der Waals surface area contributed by atoms with Crippen LogP contribution in [0.3, 0.4) is 0 Å². The Bertz CT molecular complexity index is 472. The SMILES string of the molecule is NCc1ccc(NC(=O)N2CCC(C(N)=O)C2)cc1. The van der Waals surface area contributed by atoms with Gasteiger partial charge in [0.1, 0.15) is 0 Å². The van der Waals surface area contributed by atoms with Crippen LogP contribution in [0.2, 0.25) is 0 Å². The summed E-state index contributed by atoms with van der Waals surface area (Å²) in [7, 11) is 0. The Kier molecular flexibility index (Phi) is 4.01. The first kappa shape index (κ1) is 13.4.